The molecule has 0 spiro atoms. The predicted octanol–water partition coefficient (Wildman–Crippen LogP) is 4.54. The Labute approximate surface area is 171 Å². The van der Waals surface area contributed by atoms with Gasteiger partial charge in [-0.3, -0.25) is 4.79 Å². The summed E-state index contributed by atoms with van der Waals surface area (Å²) in [5.41, 5.74) is 3.93. The fourth-order valence-corrected chi connectivity index (χ4v) is 3.72. The Balaban J connectivity index is 1.39. The van der Waals surface area contributed by atoms with Crippen molar-refractivity contribution in [3.05, 3.63) is 65.9 Å². The van der Waals surface area contributed by atoms with Crippen LogP contribution in [0.1, 0.15) is 18.2 Å². The van der Waals surface area contributed by atoms with Crippen molar-refractivity contribution in [2.24, 2.45) is 0 Å². The Morgan fingerprint density at radius 2 is 1.90 bits per heavy atom. The Hall–Kier alpha value is -3.05. The van der Waals surface area contributed by atoms with Gasteiger partial charge in [-0.05, 0) is 55.4 Å². The molecule has 5 nitrogen and oxygen atoms in total. The topological polar surface area (TPSA) is 48.7 Å². The van der Waals surface area contributed by atoms with Crippen LogP contribution < -0.4 is 10.2 Å². The minimum Gasteiger partial charge on any atom is -0.457 e. The highest BCUT2D eigenvalue weighted by Gasteiger charge is 2.16. The molecule has 0 bridgehead atoms. The van der Waals surface area contributed by atoms with Gasteiger partial charge < -0.3 is 19.5 Å². The van der Waals surface area contributed by atoms with Crippen LogP contribution in [-0.4, -0.2) is 43.5 Å². The summed E-state index contributed by atoms with van der Waals surface area (Å²) in [6.07, 6.45) is 3.21. The van der Waals surface area contributed by atoms with E-state index in [0.29, 0.717) is 5.76 Å². The maximum Gasteiger partial charge on any atom is 0.248 e. The van der Waals surface area contributed by atoms with Crippen LogP contribution in [0.15, 0.2) is 59.0 Å². The van der Waals surface area contributed by atoms with Crippen LogP contribution in [0.4, 0.5) is 11.4 Å². The number of benzene rings is 2. The van der Waals surface area contributed by atoms with Crippen molar-refractivity contribution in [3.8, 4) is 0 Å². The van der Waals surface area contributed by atoms with Crippen LogP contribution in [0.5, 0.6) is 0 Å². The Morgan fingerprint density at radius 1 is 1.10 bits per heavy atom. The molecule has 150 valence electrons. The number of aryl methyl sites for hydroxylation is 1. The highest BCUT2D eigenvalue weighted by atomic mass is 16.3. The lowest BCUT2D eigenvalue weighted by atomic mass is 10.1. The van der Waals surface area contributed by atoms with Gasteiger partial charge in [-0.15, -0.1) is 0 Å². The van der Waals surface area contributed by atoms with E-state index >= 15 is 0 Å². The molecule has 0 saturated carbocycles. The van der Waals surface area contributed by atoms with Crippen LogP contribution in [0.25, 0.3) is 17.0 Å². The number of carbonyl (C=O) groups is 1. The fourth-order valence-electron chi connectivity index (χ4n) is 3.72. The number of nitrogens with one attached hydrogen (secondary N) is 1. The van der Waals surface area contributed by atoms with Gasteiger partial charge in [-0.25, -0.2) is 0 Å². The standard InChI is InChI=1S/C24H27N3O2/c1-3-26-12-14-27(15-13-26)20-8-10-22(18(2)16-20)25-24(28)11-9-21-17-19-6-4-5-7-23(19)29-21/h4-11,16-17H,3,12-15H2,1-2H3,(H,25,28)/b11-9+. The molecule has 5 heteroatoms. The molecule has 29 heavy (non-hydrogen) atoms. The molecule has 1 N–H and O–H groups in total. The second-order valence-corrected chi connectivity index (χ2v) is 7.43. The number of hydrogen-bond donors (Lipinski definition) is 1. The molecule has 0 atom stereocenters. The number of carbonyl (C=O) groups excluding carboxylic acids is 1. The number of rotatable bonds is 5. The first-order valence-electron chi connectivity index (χ1n) is 10.2. The lowest BCUT2D eigenvalue weighted by Gasteiger charge is -2.35. The quantitative estimate of drug-likeness (QED) is 0.651. The zero-order valence-corrected chi connectivity index (χ0v) is 17.0. The molecule has 1 amide bonds. The first-order chi connectivity index (χ1) is 14.1. The zero-order chi connectivity index (χ0) is 20.2. The summed E-state index contributed by atoms with van der Waals surface area (Å²) in [6.45, 7) is 9.63. The third-order valence-electron chi connectivity index (χ3n) is 5.50. The molecule has 3 aromatic rings. The molecule has 0 radical (unpaired) electrons. The van der Waals surface area contributed by atoms with Crippen LogP contribution in [-0.2, 0) is 4.79 Å². The lowest BCUT2D eigenvalue weighted by Crippen LogP contribution is -2.46. The first kappa shape index (κ1) is 19.3. The SMILES string of the molecule is CCN1CCN(c2ccc(NC(=O)/C=C/c3cc4ccccc4o3)c(C)c2)CC1. The minimum absolute atomic E-state index is 0.169. The molecule has 4 rings (SSSR count). The number of hydrogen-bond acceptors (Lipinski definition) is 4. The second-order valence-electron chi connectivity index (χ2n) is 7.43. The van der Waals surface area contributed by atoms with E-state index in [4.69, 9.17) is 4.42 Å². The highest BCUT2D eigenvalue weighted by molar-refractivity contribution is 6.02. The minimum atomic E-state index is -0.169. The molecular weight excluding hydrogens is 362 g/mol. The number of furan rings is 1. The second kappa shape index (κ2) is 8.53. The van der Waals surface area contributed by atoms with Gasteiger partial charge in [-0.1, -0.05) is 25.1 Å². The molecule has 2 heterocycles. The summed E-state index contributed by atoms with van der Waals surface area (Å²) in [5.74, 6) is 0.498. The summed E-state index contributed by atoms with van der Waals surface area (Å²) in [4.78, 5) is 17.2. The number of nitrogens with zero attached hydrogens (tertiary/aromatic N) is 2. The number of amides is 1. The third kappa shape index (κ3) is 4.51. The normalized spacial score (nSPS) is 15.3. The molecule has 2 aromatic carbocycles. The fraction of sp³-hybridized carbons (Fsp3) is 0.292. The largest absolute Gasteiger partial charge is 0.457 e. The van der Waals surface area contributed by atoms with Crippen molar-refractivity contribution < 1.29 is 9.21 Å². The van der Waals surface area contributed by atoms with E-state index in [1.165, 1.54) is 11.8 Å². The highest BCUT2D eigenvalue weighted by Crippen LogP contribution is 2.24. The molecule has 1 aliphatic heterocycles. The summed E-state index contributed by atoms with van der Waals surface area (Å²) in [7, 11) is 0. The summed E-state index contributed by atoms with van der Waals surface area (Å²) >= 11 is 0. The molecule has 1 aromatic heterocycles. The number of para-hydroxylation sites is 1. The van der Waals surface area contributed by atoms with E-state index < -0.39 is 0 Å². The van der Waals surface area contributed by atoms with Crippen molar-refractivity contribution in [2.75, 3.05) is 42.9 Å². The molecule has 1 aliphatic rings. The maximum atomic E-state index is 12.4. The maximum absolute atomic E-state index is 12.4. The molecule has 0 aliphatic carbocycles. The summed E-state index contributed by atoms with van der Waals surface area (Å²) in [5, 5.41) is 3.99. The van der Waals surface area contributed by atoms with Crippen LogP contribution in [0, 0.1) is 6.92 Å². The number of likely N-dealkylation sites (N-methyl/N-ethyl adjacent to an activating group) is 1. The number of anilines is 2. The van der Waals surface area contributed by atoms with E-state index in [9.17, 15) is 4.79 Å². The number of fused-ring (bicyclic) bond motifs is 1. The van der Waals surface area contributed by atoms with Crippen LogP contribution in [0.3, 0.4) is 0 Å². The van der Waals surface area contributed by atoms with Gasteiger partial charge in [-0.2, -0.15) is 0 Å². The van der Waals surface area contributed by atoms with Crippen molar-refractivity contribution in [1.82, 2.24) is 4.90 Å². The Kier molecular flexibility index (Phi) is 5.67. The van der Waals surface area contributed by atoms with Crippen molar-refractivity contribution in [2.45, 2.75) is 13.8 Å². The van der Waals surface area contributed by atoms with E-state index in [2.05, 4.69) is 34.2 Å². The van der Waals surface area contributed by atoms with Gasteiger partial charge in [0, 0.05) is 49.0 Å². The summed E-state index contributed by atoms with van der Waals surface area (Å²) < 4.78 is 5.72. The molecule has 0 unspecified atom stereocenters. The Bertz CT molecular complexity index is 997. The van der Waals surface area contributed by atoms with Gasteiger partial charge in [0.1, 0.15) is 11.3 Å². The molecule has 1 fully saturated rings. The van der Waals surface area contributed by atoms with E-state index in [1.54, 1.807) is 6.08 Å². The van der Waals surface area contributed by atoms with Crippen molar-refractivity contribution >= 4 is 34.3 Å². The smallest absolute Gasteiger partial charge is 0.248 e. The molecular formula is C24H27N3O2. The van der Waals surface area contributed by atoms with Crippen molar-refractivity contribution in [1.29, 1.82) is 0 Å². The third-order valence-corrected chi connectivity index (χ3v) is 5.50. The molecule has 1 saturated heterocycles. The Morgan fingerprint density at radius 3 is 2.62 bits per heavy atom. The average Bonchev–Trinajstić information content (AvgIpc) is 3.17. The van der Waals surface area contributed by atoms with E-state index in [0.717, 1.165) is 54.9 Å². The van der Waals surface area contributed by atoms with Gasteiger partial charge in [0.05, 0.1) is 0 Å². The predicted molar refractivity (Wildman–Crippen MR) is 119 cm³/mol. The van der Waals surface area contributed by atoms with Crippen molar-refractivity contribution in [3.63, 3.8) is 0 Å². The lowest BCUT2D eigenvalue weighted by molar-refractivity contribution is -0.111. The monoisotopic (exact) mass is 389 g/mol. The number of piperazine rings is 1. The van der Waals surface area contributed by atoms with Gasteiger partial charge in [0.15, 0.2) is 0 Å². The van der Waals surface area contributed by atoms with Crippen LogP contribution >= 0.6 is 0 Å². The van der Waals surface area contributed by atoms with Crippen LogP contribution in [0.2, 0.25) is 0 Å². The van der Waals surface area contributed by atoms with Gasteiger partial charge in [0.25, 0.3) is 0 Å². The summed E-state index contributed by atoms with van der Waals surface area (Å²) in [6, 6.07) is 16.0. The van der Waals surface area contributed by atoms with Gasteiger partial charge in [0.2, 0.25) is 5.91 Å². The average molecular weight is 389 g/mol. The first-order valence-corrected chi connectivity index (χ1v) is 10.2. The zero-order valence-electron chi connectivity index (χ0n) is 17.0. The van der Waals surface area contributed by atoms with Gasteiger partial charge >= 0.3 is 0 Å². The van der Waals surface area contributed by atoms with E-state index in [1.807, 2.05) is 43.3 Å². The van der Waals surface area contributed by atoms with E-state index in [-0.39, 0.29) is 5.91 Å².